The number of hydrogen-bond donors (Lipinski definition) is 2. The highest BCUT2D eigenvalue weighted by molar-refractivity contribution is 6.00. The van der Waals surface area contributed by atoms with E-state index >= 15 is 0 Å². The first kappa shape index (κ1) is 18.6. The second-order valence-corrected chi connectivity index (χ2v) is 6.81. The van der Waals surface area contributed by atoms with E-state index in [-0.39, 0.29) is 12.3 Å². The minimum Gasteiger partial charge on any atom is -0.405 e. The molecule has 1 spiro atoms. The molecule has 1 fully saturated rings. The van der Waals surface area contributed by atoms with Crippen LogP contribution in [0, 0.1) is 0 Å². The quantitative estimate of drug-likeness (QED) is 0.815. The number of alkyl halides is 3. The van der Waals surface area contributed by atoms with Crippen LogP contribution in [0.3, 0.4) is 0 Å². The van der Waals surface area contributed by atoms with E-state index < -0.39 is 11.9 Å². The van der Waals surface area contributed by atoms with Gasteiger partial charge in [-0.15, -0.1) is 13.2 Å². The summed E-state index contributed by atoms with van der Waals surface area (Å²) in [6.07, 6.45) is -3.30. The Balaban J connectivity index is 1.60. The lowest BCUT2D eigenvalue weighted by Gasteiger charge is -2.42. The Kier molecular flexibility index (Phi) is 4.89. The second-order valence-electron chi connectivity index (χ2n) is 6.81. The van der Waals surface area contributed by atoms with Gasteiger partial charge in [0.1, 0.15) is 11.6 Å². The number of ether oxygens (including phenoxy) is 2. The Labute approximate surface area is 160 Å². The number of benzene rings is 2. The molecular weight excluding hydrogens is 371 g/mol. The smallest absolute Gasteiger partial charge is 0.405 e. The molecule has 4 rings (SSSR count). The molecule has 0 aliphatic carbocycles. The Bertz CT molecular complexity index is 877. The summed E-state index contributed by atoms with van der Waals surface area (Å²) in [4.78, 5) is 4.77. The van der Waals surface area contributed by atoms with Gasteiger partial charge in [0.15, 0.2) is 0 Å². The molecule has 0 aromatic heterocycles. The number of nitrogens with one attached hydrogen (secondary N) is 2. The van der Waals surface area contributed by atoms with Gasteiger partial charge >= 0.3 is 6.36 Å². The number of fused-ring (bicyclic) bond motifs is 1. The van der Waals surface area contributed by atoms with Crippen molar-refractivity contribution in [2.45, 2.75) is 31.3 Å². The van der Waals surface area contributed by atoms with E-state index in [9.17, 15) is 13.2 Å². The summed E-state index contributed by atoms with van der Waals surface area (Å²) in [5.41, 5.74) is 1.72. The van der Waals surface area contributed by atoms with Gasteiger partial charge in [-0.25, -0.2) is 4.99 Å². The van der Waals surface area contributed by atoms with Crippen molar-refractivity contribution in [2.75, 3.05) is 18.5 Å². The van der Waals surface area contributed by atoms with Crippen molar-refractivity contribution in [1.29, 1.82) is 0 Å². The maximum atomic E-state index is 12.7. The van der Waals surface area contributed by atoms with Crippen LogP contribution in [0.15, 0.2) is 53.5 Å². The van der Waals surface area contributed by atoms with Crippen molar-refractivity contribution in [3.8, 4) is 5.75 Å². The molecular formula is C20H20F3N3O2. The summed E-state index contributed by atoms with van der Waals surface area (Å²) < 4.78 is 47.7. The second kappa shape index (κ2) is 7.35. The van der Waals surface area contributed by atoms with Gasteiger partial charge in [0.05, 0.1) is 16.9 Å². The van der Waals surface area contributed by atoms with E-state index in [0.29, 0.717) is 37.5 Å². The van der Waals surface area contributed by atoms with Crippen LogP contribution < -0.4 is 15.4 Å². The maximum absolute atomic E-state index is 12.7. The van der Waals surface area contributed by atoms with E-state index in [1.54, 1.807) is 12.1 Å². The fraction of sp³-hybridized carbons (Fsp3) is 0.350. The van der Waals surface area contributed by atoms with Gasteiger partial charge in [0.2, 0.25) is 0 Å². The molecule has 148 valence electrons. The third kappa shape index (κ3) is 3.91. The Morgan fingerprint density at radius 3 is 2.57 bits per heavy atom. The zero-order valence-corrected chi connectivity index (χ0v) is 15.1. The highest BCUT2D eigenvalue weighted by Gasteiger charge is 2.41. The summed E-state index contributed by atoms with van der Waals surface area (Å²) in [7, 11) is 0. The van der Waals surface area contributed by atoms with Gasteiger partial charge in [-0.1, -0.05) is 30.3 Å². The Morgan fingerprint density at radius 2 is 1.79 bits per heavy atom. The standard InChI is InChI=1S/C20H20F3N3O2/c21-20(22,23)28-17-8-4-1-5-14(17)13-24-18-19(9-11-27-12-10-19)26-16-7-3-2-6-15(16)25-18/h1-8,26H,9-13H2,(H,24,25). The van der Waals surface area contributed by atoms with Crippen molar-refractivity contribution in [2.24, 2.45) is 4.99 Å². The van der Waals surface area contributed by atoms with Crippen molar-refractivity contribution in [3.63, 3.8) is 0 Å². The lowest BCUT2D eigenvalue weighted by Crippen LogP contribution is -2.56. The molecule has 2 aromatic carbocycles. The predicted molar refractivity (Wildman–Crippen MR) is 99.9 cm³/mol. The van der Waals surface area contributed by atoms with Gasteiger partial charge in [0, 0.05) is 38.2 Å². The molecule has 28 heavy (non-hydrogen) atoms. The molecule has 1 saturated heterocycles. The van der Waals surface area contributed by atoms with E-state index in [2.05, 4.69) is 15.4 Å². The summed E-state index contributed by atoms with van der Waals surface area (Å²) in [6, 6.07) is 13.8. The van der Waals surface area contributed by atoms with E-state index in [1.165, 1.54) is 12.1 Å². The molecule has 2 aromatic rings. The van der Waals surface area contributed by atoms with Gasteiger partial charge in [-0.3, -0.25) is 0 Å². The van der Waals surface area contributed by atoms with Crippen LogP contribution in [0.4, 0.5) is 24.5 Å². The minimum absolute atomic E-state index is 0.164. The molecule has 5 nitrogen and oxygen atoms in total. The first-order valence-corrected chi connectivity index (χ1v) is 9.07. The molecule has 2 N–H and O–H groups in total. The van der Waals surface area contributed by atoms with E-state index in [0.717, 1.165) is 11.4 Å². The third-order valence-corrected chi connectivity index (χ3v) is 4.95. The summed E-state index contributed by atoms with van der Waals surface area (Å²) in [5.74, 6) is 0.490. The zero-order valence-electron chi connectivity index (χ0n) is 15.1. The zero-order chi connectivity index (χ0) is 19.6. The van der Waals surface area contributed by atoms with Crippen molar-refractivity contribution >= 4 is 17.2 Å². The topological polar surface area (TPSA) is 54.9 Å². The molecule has 0 saturated carbocycles. The summed E-state index contributed by atoms with van der Waals surface area (Å²) in [5, 5.41) is 6.82. The number of aliphatic imine (C=N–C) groups is 1. The number of anilines is 1. The van der Waals surface area contributed by atoms with Gasteiger partial charge < -0.3 is 20.1 Å². The van der Waals surface area contributed by atoms with Crippen LogP contribution in [-0.2, 0) is 11.3 Å². The highest BCUT2D eigenvalue weighted by atomic mass is 19.4. The van der Waals surface area contributed by atoms with Gasteiger partial charge in [-0.05, 0) is 18.2 Å². The third-order valence-electron chi connectivity index (χ3n) is 4.95. The fourth-order valence-electron chi connectivity index (χ4n) is 3.56. The molecule has 0 radical (unpaired) electrons. The van der Waals surface area contributed by atoms with Crippen LogP contribution >= 0.6 is 0 Å². The summed E-state index contributed by atoms with van der Waals surface area (Å²) in [6.45, 7) is 1.34. The number of hydrogen-bond acceptors (Lipinski definition) is 5. The van der Waals surface area contributed by atoms with Crippen LogP contribution in [-0.4, -0.2) is 31.0 Å². The molecule has 2 heterocycles. The van der Waals surface area contributed by atoms with Crippen LogP contribution in [0.1, 0.15) is 18.4 Å². The number of amidine groups is 1. The lowest BCUT2D eigenvalue weighted by molar-refractivity contribution is -0.274. The van der Waals surface area contributed by atoms with Crippen LogP contribution in [0.25, 0.3) is 0 Å². The largest absolute Gasteiger partial charge is 0.573 e. The summed E-state index contributed by atoms with van der Waals surface area (Å²) >= 11 is 0. The molecule has 2 aliphatic rings. The normalized spacial score (nSPS) is 18.0. The lowest BCUT2D eigenvalue weighted by atomic mass is 9.86. The number of nitrogens with zero attached hydrogens (tertiary/aromatic N) is 1. The van der Waals surface area contributed by atoms with Crippen molar-refractivity contribution in [3.05, 3.63) is 54.1 Å². The van der Waals surface area contributed by atoms with E-state index in [4.69, 9.17) is 9.73 Å². The minimum atomic E-state index is -4.74. The molecule has 0 atom stereocenters. The molecule has 0 amide bonds. The molecule has 8 heteroatoms. The van der Waals surface area contributed by atoms with E-state index in [1.807, 2.05) is 24.3 Å². The average molecular weight is 391 g/mol. The number of halogens is 3. The van der Waals surface area contributed by atoms with Crippen LogP contribution in [0.5, 0.6) is 5.75 Å². The molecule has 0 bridgehead atoms. The average Bonchev–Trinajstić information content (AvgIpc) is 2.67. The van der Waals surface area contributed by atoms with Crippen LogP contribution in [0.2, 0.25) is 0 Å². The first-order valence-electron chi connectivity index (χ1n) is 9.07. The van der Waals surface area contributed by atoms with Gasteiger partial charge in [0.25, 0.3) is 0 Å². The fourth-order valence-corrected chi connectivity index (χ4v) is 3.56. The maximum Gasteiger partial charge on any atom is 0.573 e. The van der Waals surface area contributed by atoms with Crippen molar-refractivity contribution in [1.82, 2.24) is 5.32 Å². The number of para-hydroxylation sites is 3. The first-order chi connectivity index (χ1) is 13.5. The Morgan fingerprint density at radius 1 is 1.07 bits per heavy atom. The molecule has 2 aliphatic heterocycles. The van der Waals surface area contributed by atoms with Gasteiger partial charge in [-0.2, -0.15) is 0 Å². The Hall–Kier alpha value is -2.74. The predicted octanol–water partition coefficient (Wildman–Crippen LogP) is 4.38. The highest BCUT2D eigenvalue weighted by Crippen LogP contribution is 2.37. The SMILES string of the molecule is FC(F)(F)Oc1ccccc1CNC1=Nc2ccccc2NC12CCOCC2. The number of rotatable bonds is 3. The molecule has 0 unspecified atom stereocenters. The monoisotopic (exact) mass is 391 g/mol. The van der Waals surface area contributed by atoms with Crippen molar-refractivity contribution < 1.29 is 22.6 Å².